The average molecular weight is 241 g/mol. The minimum absolute atomic E-state index is 0.188. The van der Waals surface area contributed by atoms with E-state index >= 15 is 0 Å². The molecule has 0 fully saturated rings. The van der Waals surface area contributed by atoms with Crippen molar-refractivity contribution in [2.75, 3.05) is 6.54 Å². The lowest BCUT2D eigenvalue weighted by Gasteiger charge is -2.19. The zero-order valence-corrected chi connectivity index (χ0v) is 10.6. The molecule has 88 valence electrons. The van der Waals surface area contributed by atoms with Crippen LogP contribution >= 0.6 is 11.6 Å². The predicted molar refractivity (Wildman–Crippen MR) is 66.8 cm³/mol. The molecule has 16 heavy (non-hydrogen) atoms. The minimum atomic E-state index is -0.425. The Morgan fingerprint density at radius 2 is 2.12 bits per heavy atom. The van der Waals surface area contributed by atoms with Crippen LogP contribution in [0.1, 0.15) is 29.8 Å². The van der Waals surface area contributed by atoms with E-state index in [1.165, 1.54) is 0 Å². The van der Waals surface area contributed by atoms with Crippen molar-refractivity contribution in [3.05, 3.63) is 34.3 Å². The fourth-order valence-corrected chi connectivity index (χ4v) is 1.44. The van der Waals surface area contributed by atoms with Crippen LogP contribution in [0, 0.1) is 6.92 Å². The number of hydrogen-bond acceptors (Lipinski definition) is 2. The van der Waals surface area contributed by atoms with Crippen LogP contribution in [0.25, 0.3) is 0 Å². The fraction of sp³-hybridized carbons (Fsp3) is 0.417. The number of nitrogens with one attached hydrogen (secondary N) is 1. The van der Waals surface area contributed by atoms with E-state index in [4.69, 9.17) is 17.3 Å². The van der Waals surface area contributed by atoms with Crippen molar-refractivity contribution in [3.63, 3.8) is 0 Å². The number of hydrogen-bond donors (Lipinski definition) is 2. The maximum Gasteiger partial charge on any atom is 0.252 e. The van der Waals surface area contributed by atoms with Crippen LogP contribution in [0.5, 0.6) is 0 Å². The first-order valence-electron chi connectivity index (χ1n) is 5.13. The number of rotatable bonds is 3. The van der Waals surface area contributed by atoms with Gasteiger partial charge in [0.15, 0.2) is 0 Å². The van der Waals surface area contributed by atoms with Crippen LogP contribution in [0.2, 0.25) is 5.02 Å². The molecule has 0 aliphatic carbocycles. The molecule has 1 aromatic rings. The van der Waals surface area contributed by atoms with E-state index < -0.39 is 5.54 Å². The molecule has 0 atom stereocenters. The quantitative estimate of drug-likeness (QED) is 0.850. The fourth-order valence-electron chi connectivity index (χ4n) is 1.23. The van der Waals surface area contributed by atoms with Gasteiger partial charge in [-0.2, -0.15) is 0 Å². The van der Waals surface area contributed by atoms with Crippen molar-refractivity contribution in [1.29, 1.82) is 0 Å². The van der Waals surface area contributed by atoms with Crippen LogP contribution in [-0.4, -0.2) is 18.0 Å². The Morgan fingerprint density at radius 1 is 1.50 bits per heavy atom. The van der Waals surface area contributed by atoms with Gasteiger partial charge in [-0.05, 0) is 32.4 Å². The largest absolute Gasteiger partial charge is 0.350 e. The molecule has 3 nitrogen and oxygen atoms in total. The second-order valence-electron chi connectivity index (χ2n) is 4.61. The third-order valence-electron chi connectivity index (χ3n) is 2.14. The summed E-state index contributed by atoms with van der Waals surface area (Å²) in [5.41, 5.74) is 6.74. The summed E-state index contributed by atoms with van der Waals surface area (Å²) in [4.78, 5) is 11.8. The van der Waals surface area contributed by atoms with Gasteiger partial charge in [0.2, 0.25) is 0 Å². The number of carbonyl (C=O) groups is 1. The molecule has 1 aromatic carbocycles. The molecule has 3 N–H and O–H groups in total. The summed E-state index contributed by atoms with van der Waals surface area (Å²) in [6.45, 7) is 5.98. The molecule has 0 spiro atoms. The Kier molecular flexibility index (Phi) is 3.94. The highest BCUT2D eigenvalue weighted by Gasteiger charge is 2.15. The van der Waals surface area contributed by atoms with Gasteiger partial charge >= 0.3 is 0 Å². The second-order valence-corrected chi connectivity index (χ2v) is 4.99. The zero-order valence-electron chi connectivity index (χ0n) is 9.80. The topological polar surface area (TPSA) is 55.1 Å². The molecule has 1 amide bonds. The number of carbonyl (C=O) groups excluding carboxylic acids is 1. The number of aryl methyl sites for hydroxylation is 1. The summed E-state index contributed by atoms with van der Waals surface area (Å²) in [5, 5.41) is 3.25. The lowest BCUT2D eigenvalue weighted by molar-refractivity contribution is 0.0946. The molecule has 0 radical (unpaired) electrons. The first kappa shape index (κ1) is 13.0. The number of halogens is 1. The molecule has 0 unspecified atom stereocenters. The van der Waals surface area contributed by atoms with Gasteiger partial charge in [-0.1, -0.05) is 23.7 Å². The van der Waals surface area contributed by atoms with Crippen molar-refractivity contribution >= 4 is 17.5 Å². The van der Waals surface area contributed by atoms with Crippen LogP contribution in [0.3, 0.4) is 0 Å². The van der Waals surface area contributed by atoms with Gasteiger partial charge in [0.1, 0.15) is 0 Å². The highest BCUT2D eigenvalue weighted by Crippen LogP contribution is 2.19. The van der Waals surface area contributed by atoms with Crippen molar-refractivity contribution in [2.45, 2.75) is 26.3 Å². The van der Waals surface area contributed by atoms with Gasteiger partial charge in [0.05, 0.1) is 10.6 Å². The normalized spacial score (nSPS) is 11.3. The van der Waals surface area contributed by atoms with E-state index in [1.54, 1.807) is 6.07 Å². The molecule has 0 saturated heterocycles. The van der Waals surface area contributed by atoms with E-state index in [-0.39, 0.29) is 5.91 Å². The van der Waals surface area contributed by atoms with E-state index in [0.717, 1.165) is 5.56 Å². The average Bonchev–Trinajstić information content (AvgIpc) is 2.17. The third kappa shape index (κ3) is 3.51. The Balaban J connectivity index is 2.78. The highest BCUT2D eigenvalue weighted by atomic mass is 35.5. The molecule has 4 heteroatoms. The van der Waals surface area contributed by atoms with E-state index in [2.05, 4.69) is 5.32 Å². The molecule has 0 bridgehead atoms. The molecular weight excluding hydrogens is 224 g/mol. The van der Waals surface area contributed by atoms with Crippen LogP contribution in [-0.2, 0) is 0 Å². The smallest absolute Gasteiger partial charge is 0.252 e. The summed E-state index contributed by atoms with van der Waals surface area (Å²) in [6.07, 6.45) is 0. The molecule has 1 rings (SSSR count). The predicted octanol–water partition coefficient (Wildman–Crippen LogP) is 2.12. The summed E-state index contributed by atoms with van der Waals surface area (Å²) >= 11 is 6.05. The molecule has 0 heterocycles. The summed E-state index contributed by atoms with van der Waals surface area (Å²) in [7, 11) is 0. The Hall–Kier alpha value is -1.06. The first-order chi connectivity index (χ1) is 7.31. The lowest BCUT2D eigenvalue weighted by atomic mass is 10.1. The standard InChI is InChI=1S/C12H17ClN2O/c1-8-5-4-6-9(10(8)13)11(16)15-7-12(2,3)14/h4-6H,7,14H2,1-3H3,(H,15,16). The van der Waals surface area contributed by atoms with Gasteiger partial charge in [0, 0.05) is 12.1 Å². The molecule has 0 saturated carbocycles. The lowest BCUT2D eigenvalue weighted by Crippen LogP contribution is -2.45. The van der Waals surface area contributed by atoms with Gasteiger partial charge in [-0.3, -0.25) is 4.79 Å². The van der Waals surface area contributed by atoms with Crippen LogP contribution in [0.15, 0.2) is 18.2 Å². The number of nitrogens with two attached hydrogens (primary N) is 1. The van der Waals surface area contributed by atoms with Gasteiger partial charge in [-0.25, -0.2) is 0 Å². The van der Waals surface area contributed by atoms with Gasteiger partial charge in [0.25, 0.3) is 5.91 Å². The maximum absolute atomic E-state index is 11.8. The molecule has 0 aromatic heterocycles. The summed E-state index contributed by atoms with van der Waals surface area (Å²) in [5.74, 6) is -0.188. The van der Waals surface area contributed by atoms with E-state index in [9.17, 15) is 4.79 Å². The highest BCUT2D eigenvalue weighted by molar-refractivity contribution is 6.34. The molecule has 0 aliphatic rings. The monoisotopic (exact) mass is 240 g/mol. The minimum Gasteiger partial charge on any atom is -0.350 e. The number of amides is 1. The Labute approximate surface area is 101 Å². The van der Waals surface area contributed by atoms with E-state index in [1.807, 2.05) is 32.9 Å². The van der Waals surface area contributed by atoms with Crippen molar-refractivity contribution in [1.82, 2.24) is 5.32 Å². The van der Waals surface area contributed by atoms with Crippen LogP contribution in [0.4, 0.5) is 0 Å². The first-order valence-corrected chi connectivity index (χ1v) is 5.51. The van der Waals surface area contributed by atoms with Crippen LogP contribution < -0.4 is 11.1 Å². The van der Waals surface area contributed by atoms with Crippen molar-refractivity contribution < 1.29 is 4.79 Å². The Bertz CT molecular complexity index is 396. The third-order valence-corrected chi connectivity index (χ3v) is 2.64. The molecular formula is C12H17ClN2O. The van der Waals surface area contributed by atoms with Gasteiger partial charge < -0.3 is 11.1 Å². The van der Waals surface area contributed by atoms with Gasteiger partial charge in [-0.15, -0.1) is 0 Å². The SMILES string of the molecule is Cc1cccc(C(=O)NCC(C)(C)N)c1Cl. The number of benzene rings is 1. The Morgan fingerprint density at radius 3 is 2.69 bits per heavy atom. The zero-order chi connectivity index (χ0) is 12.3. The summed E-state index contributed by atoms with van der Waals surface area (Å²) < 4.78 is 0. The van der Waals surface area contributed by atoms with Crippen molar-refractivity contribution in [2.24, 2.45) is 5.73 Å². The summed E-state index contributed by atoms with van der Waals surface area (Å²) in [6, 6.07) is 5.38. The van der Waals surface area contributed by atoms with Crippen molar-refractivity contribution in [3.8, 4) is 0 Å². The van der Waals surface area contributed by atoms with E-state index in [0.29, 0.717) is 17.1 Å². The molecule has 0 aliphatic heterocycles. The second kappa shape index (κ2) is 4.85. The maximum atomic E-state index is 11.8.